The summed E-state index contributed by atoms with van der Waals surface area (Å²) in [6.07, 6.45) is 0. The molecule has 0 bridgehead atoms. The summed E-state index contributed by atoms with van der Waals surface area (Å²) in [6.45, 7) is 5.93. The van der Waals surface area contributed by atoms with Crippen LogP contribution in [0.2, 0.25) is 0 Å². The number of rotatable bonds is 2. The average Bonchev–Trinajstić information content (AvgIpc) is 2.55. The highest BCUT2D eigenvalue weighted by atomic mass is 79.9. The van der Waals surface area contributed by atoms with Gasteiger partial charge in [-0.05, 0) is 45.0 Å². The molecule has 18 heavy (non-hydrogen) atoms. The SMILES string of the molecule is Cc1c(N)c(=O)n(-c2ccc(Br)cc2)n1C(C)C. The molecule has 0 unspecified atom stereocenters. The van der Waals surface area contributed by atoms with E-state index in [0.29, 0.717) is 5.69 Å². The molecule has 2 aromatic rings. The summed E-state index contributed by atoms with van der Waals surface area (Å²) in [6, 6.07) is 7.77. The molecule has 1 aromatic heterocycles. The van der Waals surface area contributed by atoms with E-state index in [-0.39, 0.29) is 11.6 Å². The van der Waals surface area contributed by atoms with Crippen molar-refractivity contribution in [1.82, 2.24) is 9.36 Å². The molecule has 0 amide bonds. The fourth-order valence-electron chi connectivity index (χ4n) is 2.08. The van der Waals surface area contributed by atoms with Crippen molar-refractivity contribution in [2.24, 2.45) is 0 Å². The zero-order chi connectivity index (χ0) is 13.4. The number of anilines is 1. The highest BCUT2D eigenvalue weighted by molar-refractivity contribution is 9.10. The van der Waals surface area contributed by atoms with Gasteiger partial charge in [0, 0.05) is 10.5 Å². The van der Waals surface area contributed by atoms with Gasteiger partial charge < -0.3 is 5.73 Å². The van der Waals surface area contributed by atoms with Gasteiger partial charge in [-0.3, -0.25) is 9.48 Å². The largest absolute Gasteiger partial charge is 0.393 e. The first-order valence-corrected chi connectivity index (χ1v) is 6.58. The maximum absolute atomic E-state index is 12.2. The van der Waals surface area contributed by atoms with Crippen LogP contribution in [0.1, 0.15) is 25.6 Å². The molecule has 0 aliphatic rings. The number of nitrogens with zero attached hydrogens (tertiary/aromatic N) is 2. The zero-order valence-electron chi connectivity index (χ0n) is 10.6. The minimum Gasteiger partial charge on any atom is -0.393 e. The van der Waals surface area contributed by atoms with Crippen molar-refractivity contribution >= 4 is 21.6 Å². The standard InChI is InChI=1S/C13H16BrN3O/c1-8(2)16-9(3)12(15)13(18)17(16)11-6-4-10(14)5-7-11/h4-8H,15H2,1-3H3. The van der Waals surface area contributed by atoms with E-state index in [9.17, 15) is 4.79 Å². The van der Waals surface area contributed by atoms with Crippen LogP contribution in [0, 0.1) is 6.92 Å². The second kappa shape index (κ2) is 4.65. The Hall–Kier alpha value is -1.49. The van der Waals surface area contributed by atoms with E-state index in [1.807, 2.05) is 49.7 Å². The minimum atomic E-state index is -0.163. The lowest BCUT2D eigenvalue weighted by Gasteiger charge is -2.16. The van der Waals surface area contributed by atoms with E-state index in [4.69, 9.17) is 5.73 Å². The van der Waals surface area contributed by atoms with Crippen molar-refractivity contribution in [1.29, 1.82) is 0 Å². The zero-order valence-corrected chi connectivity index (χ0v) is 12.2. The Morgan fingerprint density at radius 3 is 2.28 bits per heavy atom. The Morgan fingerprint density at radius 1 is 1.22 bits per heavy atom. The molecule has 2 N–H and O–H groups in total. The van der Waals surface area contributed by atoms with E-state index in [1.165, 1.54) is 0 Å². The number of benzene rings is 1. The molecule has 0 fully saturated rings. The highest BCUT2D eigenvalue weighted by Crippen LogP contribution is 2.19. The summed E-state index contributed by atoms with van der Waals surface area (Å²) in [7, 11) is 0. The van der Waals surface area contributed by atoms with Gasteiger partial charge in [0.25, 0.3) is 5.56 Å². The number of aromatic nitrogens is 2. The molecule has 0 atom stereocenters. The molecule has 4 nitrogen and oxygen atoms in total. The van der Waals surface area contributed by atoms with Gasteiger partial charge in [-0.25, -0.2) is 4.68 Å². The first-order chi connectivity index (χ1) is 8.43. The lowest BCUT2D eigenvalue weighted by molar-refractivity contribution is 0.467. The Bertz CT molecular complexity index is 623. The van der Waals surface area contributed by atoms with Gasteiger partial charge in [0.2, 0.25) is 0 Å². The quantitative estimate of drug-likeness (QED) is 0.927. The monoisotopic (exact) mass is 309 g/mol. The lowest BCUT2D eigenvalue weighted by atomic mass is 10.3. The van der Waals surface area contributed by atoms with Crippen molar-refractivity contribution in [2.75, 3.05) is 5.73 Å². The van der Waals surface area contributed by atoms with Gasteiger partial charge in [-0.15, -0.1) is 0 Å². The van der Waals surface area contributed by atoms with Crippen molar-refractivity contribution < 1.29 is 0 Å². The summed E-state index contributed by atoms with van der Waals surface area (Å²) in [5.41, 5.74) is 7.61. The van der Waals surface area contributed by atoms with Gasteiger partial charge in [0.1, 0.15) is 5.69 Å². The number of hydrogen-bond acceptors (Lipinski definition) is 2. The van der Waals surface area contributed by atoms with Gasteiger partial charge >= 0.3 is 0 Å². The van der Waals surface area contributed by atoms with Crippen molar-refractivity contribution in [2.45, 2.75) is 26.8 Å². The molecule has 1 aromatic carbocycles. The van der Waals surface area contributed by atoms with Crippen LogP contribution in [0.15, 0.2) is 33.5 Å². The molecule has 0 aliphatic heterocycles. The number of nitrogens with two attached hydrogens (primary N) is 1. The molecule has 0 saturated heterocycles. The predicted molar refractivity (Wildman–Crippen MR) is 77.3 cm³/mol. The first-order valence-electron chi connectivity index (χ1n) is 5.79. The topological polar surface area (TPSA) is 53.0 Å². The summed E-state index contributed by atoms with van der Waals surface area (Å²) in [4.78, 5) is 12.2. The summed E-state index contributed by atoms with van der Waals surface area (Å²) in [5.74, 6) is 0. The maximum Gasteiger partial charge on any atom is 0.294 e. The Morgan fingerprint density at radius 2 is 1.78 bits per heavy atom. The fourth-order valence-corrected chi connectivity index (χ4v) is 2.35. The van der Waals surface area contributed by atoms with Crippen LogP contribution in [0.4, 0.5) is 5.69 Å². The first kappa shape index (κ1) is 13.0. The molecule has 0 saturated carbocycles. The molecule has 96 valence electrons. The van der Waals surface area contributed by atoms with E-state index in [1.54, 1.807) is 4.68 Å². The van der Waals surface area contributed by atoms with E-state index < -0.39 is 0 Å². The molecular formula is C13H16BrN3O. The maximum atomic E-state index is 12.2. The van der Waals surface area contributed by atoms with Crippen LogP contribution in [0.5, 0.6) is 0 Å². The third-order valence-electron chi connectivity index (χ3n) is 2.93. The average molecular weight is 310 g/mol. The molecule has 2 rings (SSSR count). The third-order valence-corrected chi connectivity index (χ3v) is 3.46. The third kappa shape index (κ3) is 1.99. The van der Waals surface area contributed by atoms with Crippen molar-refractivity contribution in [3.63, 3.8) is 0 Å². The van der Waals surface area contributed by atoms with Gasteiger partial charge in [0.05, 0.1) is 11.4 Å². The number of nitrogen functional groups attached to an aromatic ring is 1. The van der Waals surface area contributed by atoms with Crippen LogP contribution >= 0.6 is 15.9 Å². The second-order valence-corrected chi connectivity index (χ2v) is 5.45. The van der Waals surface area contributed by atoms with Crippen LogP contribution in [-0.2, 0) is 0 Å². The van der Waals surface area contributed by atoms with Crippen LogP contribution in [0.25, 0.3) is 5.69 Å². The normalized spacial score (nSPS) is 11.2. The predicted octanol–water partition coefficient (Wildman–Crippen LogP) is 2.87. The number of hydrogen-bond donors (Lipinski definition) is 1. The molecule has 0 aliphatic carbocycles. The second-order valence-electron chi connectivity index (χ2n) is 4.53. The minimum absolute atomic E-state index is 0.163. The van der Waals surface area contributed by atoms with Crippen LogP contribution in [0.3, 0.4) is 0 Å². The summed E-state index contributed by atoms with van der Waals surface area (Å²) < 4.78 is 4.52. The van der Waals surface area contributed by atoms with Gasteiger partial charge in [-0.2, -0.15) is 0 Å². The van der Waals surface area contributed by atoms with Crippen LogP contribution < -0.4 is 11.3 Å². The Labute approximate surface area is 114 Å². The Kier molecular flexibility index (Phi) is 3.34. The van der Waals surface area contributed by atoms with E-state index >= 15 is 0 Å². The smallest absolute Gasteiger partial charge is 0.294 e. The molecular weight excluding hydrogens is 294 g/mol. The van der Waals surface area contributed by atoms with Crippen LogP contribution in [-0.4, -0.2) is 9.36 Å². The van der Waals surface area contributed by atoms with Gasteiger partial charge in [0.15, 0.2) is 0 Å². The summed E-state index contributed by atoms with van der Waals surface area (Å²) >= 11 is 3.38. The van der Waals surface area contributed by atoms with Crippen molar-refractivity contribution in [3.8, 4) is 5.69 Å². The fraction of sp³-hybridized carbons (Fsp3) is 0.308. The van der Waals surface area contributed by atoms with E-state index in [2.05, 4.69) is 15.9 Å². The Balaban J connectivity index is 2.74. The molecule has 0 radical (unpaired) electrons. The highest BCUT2D eigenvalue weighted by Gasteiger charge is 2.17. The van der Waals surface area contributed by atoms with E-state index in [0.717, 1.165) is 15.9 Å². The molecule has 1 heterocycles. The summed E-state index contributed by atoms with van der Waals surface area (Å²) in [5, 5.41) is 0. The van der Waals surface area contributed by atoms with Crippen molar-refractivity contribution in [3.05, 3.63) is 44.8 Å². The molecule has 5 heteroatoms. The lowest BCUT2D eigenvalue weighted by Crippen LogP contribution is -2.23. The molecule has 0 spiro atoms. The number of halogens is 1. The van der Waals surface area contributed by atoms with Gasteiger partial charge in [-0.1, -0.05) is 15.9 Å².